The van der Waals surface area contributed by atoms with Gasteiger partial charge in [0.1, 0.15) is 0 Å². The van der Waals surface area contributed by atoms with E-state index in [0.717, 1.165) is 24.8 Å². The Bertz CT molecular complexity index is 730. The van der Waals surface area contributed by atoms with Crippen LogP contribution in [-0.4, -0.2) is 41.3 Å². The lowest BCUT2D eigenvalue weighted by Crippen LogP contribution is -2.51. The number of hydrogen-bond acceptors (Lipinski definition) is 4. The third kappa shape index (κ3) is 2.75. The quantitative estimate of drug-likeness (QED) is 0.846. The van der Waals surface area contributed by atoms with Crippen molar-refractivity contribution < 1.29 is 14.1 Å². The molecule has 4 rings (SSSR count). The number of benzene rings is 1. The Morgan fingerprint density at radius 2 is 2.22 bits per heavy atom. The molecule has 2 heterocycles. The average Bonchev–Trinajstić information content (AvgIpc) is 3.23. The second-order valence-corrected chi connectivity index (χ2v) is 6.43. The number of morpholine rings is 1. The van der Waals surface area contributed by atoms with Crippen molar-refractivity contribution in [1.29, 1.82) is 0 Å². The normalized spacial score (nSPS) is 23.8. The maximum atomic E-state index is 12.8. The molecule has 1 aliphatic heterocycles. The van der Waals surface area contributed by atoms with Gasteiger partial charge in [0.15, 0.2) is 11.5 Å². The van der Waals surface area contributed by atoms with Gasteiger partial charge in [0.05, 0.1) is 18.8 Å². The molecule has 2 aromatic rings. The van der Waals surface area contributed by atoms with Crippen LogP contribution in [0.1, 0.15) is 29.8 Å². The summed E-state index contributed by atoms with van der Waals surface area (Å²) >= 11 is 6.00. The number of carbonyl (C=O) groups is 1. The summed E-state index contributed by atoms with van der Waals surface area (Å²) in [4.78, 5) is 14.7. The first kappa shape index (κ1) is 14.7. The number of carbonyl (C=O) groups excluding carboxylic acids is 1. The molecule has 1 amide bonds. The van der Waals surface area contributed by atoms with Gasteiger partial charge in [0.25, 0.3) is 5.91 Å². The topological polar surface area (TPSA) is 55.6 Å². The van der Waals surface area contributed by atoms with Crippen molar-refractivity contribution in [3.05, 3.63) is 41.0 Å². The SMILES string of the molecule is O=C(c1cc(-c2cccc(Cl)c2)on1)N1CCO[C@@H]2CCC[C@H]21. The maximum Gasteiger partial charge on any atom is 0.276 e. The highest BCUT2D eigenvalue weighted by molar-refractivity contribution is 6.30. The van der Waals surface area contributed by atoms with Crippen molar-refractivity contribution in [2.24, 2.45) is 0 Å². The molecule has 1 aromatic heterocycles. The highest BCUT2D eigenvalue weighted by atomic mass is 35.5. The van der Waals surface area contributed by atoms with Gasteiger partial charge < -0.3 is 14.2 Å². The number of amides is 1. The lowest BCUT2D eigenvalue weighted by atomic mass is 10.1. The predicted molar refractivity (Wildman–Crippen MR) is 85.4 cm³/mol. The first-order valence-corrected chi connectivity index (χ1v) is 8.25. The summed E-state index contributed by atoms with van der Waals surface area (Å²) in [5, 5.41) is 4.58. The molecule has 0 radical (unpaired) electrons. The Balaban J connectivity index is 1.57. The van der Waals surface area contributed by atoms with E-state index in [1.165, 1.54) is 0 Å². The van der Waals surface area contributed by atoms with Gasteiger partial charge in [-0.3, -0.25) is 4.79 Å². The number of aromatic nitrogens is 1. The molecule has 2 atom stereocenters. The summed E-state index contributed by atoms with van der Waals surface area (Å²) < 4.78 is 11.1. The zero-order chi connectivity index (χ0) is 15.8. The van der Waals surface area contributed by atoms with Crippen LogP contribution in [0.15, 0.2) is 34.9 Å². The molecule has 23 heavy (non-hydrogen) atoms. The lowest BCUT2D eigenvalue weighted by molar-refractivity contribution is -0.0448. The number of fused-ring (bicyclic) bond motifs is 1. The zero-order valence-corrected chi connectivity index (χ0v) is 13.3. The molecule has 0 bridgehead atoms. The van der Waals surface area contributed by atoms with Crippen molar-refractivity contribution in [3.63, 3.8) is 0 Å². The standard InChI is InChI=1S/C17H17ClN2O3/c18-12-4-1-3-11(9-12)16-10-13(19-23-16)17(21)20-7-8-22-15-6-2-5-14(15)20/h1,3-4,9-10,14-15H,2,5-8H2/t14-,15-/m1/s1. The fraction of sp³-hybridized carbons (Fsp3) is 0.412. The Hall–Kier alpha value is -1.85. The van der Waals surface area contributed by atoms with E-state index in [-0.39, 0.29) is 18.1 Å². The molecular weight excluding hydrogens is 316 g/mol. The van der Waals surface area contributed by atoms with Crippen LogP contribution < -0.4 is 0 Å². The first-order valence-electron chi connectivity index (χ1n) is 7.87. The Morgan fingerprint density at radius 3 is 3.09 bits per heavy atom. The fourth-order valence-corrected chi connectivity index (χ4v) is 3.67. The second-order valence-electron chi connectivity index (χ2n) is 5.99. The van der Waals surface area contributed by atoms with E-state index in [1.54, 1.807) is 18.2 Å². The maximum absolute atomic E-state index is 12.8. The molecule has 5 nitrogen and oxygen atoms in total. The largest absolute Gasteiger partial charge is 0.374 e. The molecule has 0 unspecified atom stereocenters. The second kappa shape index (κ2) is 5.98. The molecule has 1 saturated carbocycles. The van der Waals surface area contributed by atoms with Gasteiger partial charge in [-0.25, -0.2) is 0 Å². The summed E-state index contributed by atoms with van der Waals surface area (Å²) in [5.74, 6) is 0.467. The predicted octanol–water partition coefficient (Wildman–Crippen LogP) is 3.39. The summed E-state index contributed by atoms with van der Waals surface area (Å²) in [6, 6.07) is 9.16. The van der Waals surface area contributed by atoms with E-state index in [2.05, 4.69) is 5.16 Å². The van der Waals surface area contributed by atoms with E-state index in [1.807, 2.05) is 17.0 Å². The van der Waals surface area contributed by atoms with Crippen molar-refractivity contribution in [2.45, 2.75) is 31.4 Å². The number of nitrogens with zero attached hydrogens (tertiary/aromatic N) is 2. The van der Waals surface area contributed by atoms with Crippen LogP contribution in [-0.2, 0) is 4.74 Å². The smallest absolute Gasteiger partial charge is 0.276 e. The zero-order valence-electron chi connectivity index (χ0n) is 12.6. The van der Waals surface area contributed by atoms with Gasteiger partial charge in [0.2, 0.25) is 0 Å². The third-order valence-corrected chi connectivity index (χ3v) is 4.82. The highest BCUT2D eigenvalue weighted by Crippen LogP contribution is 2.31. The van der Waals surface area contributed by atoms with Crippen LogP contribution in [0, 0.1) is 0 Å². The molecule has 0 spiro atoms. The molecule has 120 valence electrons. The minimum absolute atomic E-state index is 0.0813. The Kier molecular flexibility index (Phi) is 3.83. The Morgan fingerprint density at radius 1 is 1.30 bits per heavy atom. The minimum atomic E-state index is -0.0813. The molecule has 2 fully saturated rings. The van der Waals surface area contributed by atoms with Crippen molar-refractivity contribution >= 4 is 17.5 Å². The van der Waals surface area contributed by atoms with Gasteiger partial charge in [-0.15, -0.1) is 0 Å². The van der Waals surface area contributed by atoms with Gasteiger partial charge in [-0.2, -0.15) is 0 Å². The Labute approximate surface area is 139 Å². The molecular formula is C17H17ClN2O3. The lowest BCUT2D eigenvalue weighted by Gasteiger charge is -2.37. The first-order chi connectivity index (χ1) is 11.2. The molecule has 1 saturated heterocycles. The van der Waals surface area contributed by atoms with E-state index in [4.69, 9.17) is 20.9 Å². The number of ether oxygens (including phenoxy) is 1. The van der Waals surface area contributed by atoms with Crippen molar-refractivity contribution in [2.75, 3.05) is 13.2 Å². The van der Waals surface area contributed by atoms with E-state index in [9.17, 15) is 4.79 Å². The van der Waals surface area contributed by atoms with Gasteiger partial charge in [-0.1, -0.05) is 28.9 Å². The summed E-state index contributed by atoms with van der Waals surface area (Å²) in [6.07, 6.45) is 3.30. The van der Waals surface area contributed by atoms with Crippen LogP contribution in [0.25, 0.3) is 11.3 Å². The average molecular weight is 333 g/mol. The fourth-order valence-electron chi connectivity index (χ4n) is 3.48. The van der Waals surface area contributed by atoms with Crippen LogP contribution in [0.3, 0.4) is 0 Å². The van der Waals surface area contributed by atoms with Gasteiger partial charge in [0, 0.05) is 23.2 Å². The summed E-state index contributed by atoms with van der Waals surface area (Å²) in [6.45, 7) is 1.20. The van der Waals surface area contributed by atoms with E-state index in [0.29, 0.717) is 29.6 Å². The van der Waals surface area contributed by atoms with Crippen LogP contribution in [0.4, 0.5) is 0 Å². The van der Waals surface area contributed by atoms with Crippen LogP contribution in [0.5, 0.6) is 0 Å². The van der Waals surface area contributed by atoms with E-state index >= 15 is 0 Å². The number of rotatable bonds is 2. The van der Waals surface area contributed by atoms with Crippen LogP contribution >= 0.6 is 11.6 Å². The third-order valence-electron chi connectivity index (χ3n) is 4.58. The summed E-state index contributed by atoms with van der Waals surface area (Å²) in [7, 11) is 0. The molecule has 1 aliphatic carbocycles. The van der Waals surface area contributed by atoms with Crippen molar-refractivity contribution in [3.8, 4) is 11.3 Å². The van der Waals surface area contributed by atoms with E-state index < -0.39 is 0 Å². The molecule has 0 N–H and O–H groups in total. The monoisotopic (exact) mass is 332 g/mol. The summed E-state index contributed by atoms with van der Waals surface area (Å²) in [5.41, 5.74) is 1.15. The molecule has 2 aliphatic rings. The highest BCUT2D eigenvalue weighted by Gasteiger charge is 2.39. The van der Waals surface area contributed by atoms with Crippen LogP contribution in [0.2, 0.25) is 5.02 Å². The minimum Gasteiger partial charge on any atom is -0.374 e. The number of hydrogen-bond donors (Lipinski definition) is 0. The number of halogens is 1. The van der Waals surface area contributed by atoms with Gasteiger partial charge >= 0.3 is 0 Å². The van der Waals surface area contributed by atoms with Gasteiger partial charge in [-0.05, 0) is 31.4 Å². The molecule has 1 aromatic carbocycles. The molecule has 6 heteroatoms. The van der Waals surface area contributed by atoms with Crippen molar-refractivity contribution in [1.82, 2.24) is 10.1 Å².